The first-order chi connectivity index (χ1) is 16.4. The van der Waals surface area contributed by atoms with Crippen LogP contribution in [0.3, 0.4) is 0 Å². The van der Waals surface area contributed by atoms with Gasteiger partial charge in [0.1, 0.15) is 6.04 Å². The summed E-state index contributed by atoms with van der Waals surface area (Å²) in [6.45, 7) is 2.43. The largest absolute Gasteiger partial charge is 0.339 e. The van der Waals surface area contributed by atoms with Crippen LogP contribution in [0.2, 0.25) is 0 Å². The first kappa shape index (κ1) is 24.9. The number of benzene rings is 2. The van der Waals surface area contributed by atoms with Crippen molar-refractivity contribution in [3.8, 4) is 0 Å². The predicted molar refractivity (Wildman–Crippen MR) is 135 cm³/mol. The smallest absolute Gasteiger partial charge is 0.243 e. The van der Waals surface area contributed by atoms with Crippen molar-refractivity contribution in [2.75, 3.05) is 6.54 Å². The fraction of sp³-hybridized carbons (Fsp3) is 0.519. The lowest BCUT2D eigenvalue weighted by molar-refractivity contribution is -0.126. The van der Waals surface area contributed by atoms with E-state index in [0.717, 1.165) is 31.2 Å². The number of sulfonamides is 1. The maximum absolute atomic E-state index is 13.5. The third-order valence-electron chi connectivity index (χ3n) is 7.03. The Morgan fingerprint density at radius 3 is 2.32 bits per heavy atom. The van der Waals surface area contributed by atoms with Crippen molar-refractivity contribution < 1.29 is 13.2 Å². The van der Waals surface area contributed by atoms with E-state index >= 15 is 0 Å². The molecule has 6 nitrogen and oxygen atoms in total. The molecule has 2 aliphatic rings. The molecule has 0 unspecified atom stereocenters. The number of nitrogens with one attached hydrogen (secondary N) is 2. The monoisotopic (exact) mass is 483 g/mol. The van der Waals surface area contributed by atoms with Crippen LogP contribution >= 0.6 is 0 Å². The molecule has 1 saturated carbocycles. The van der Waals surface area contributed by atoms with Crippen molar-refractivity contribution in [1.29, 1.82) is 0 Å². The molecule has 2 N–H and O–H groups in total. The third kappa shape index (κ3) is 6.26. The second-order valence-corrected chi connectivity index (χ2v) is 11.6. The van der Waals surface area contributed by atoms with Crippen molar-refractivity contribution in [1.82, 2.24) is 14.9 Å². The molecule has 1 aliphatic carbocycles. The lowest BCUT2D eigenvalue weighted by atomic mass is 9.95. The van der Waals surface area contributed by atoms with Crippen LogP contribution in [0, 0.1) is 6.92 Å². The van der Waals surface area contributed by atoms with Crippen LogP contribution in [0.4, 0.5) is 0 Å². The van der Waals surface area contributed by atoms with Crippen LogP contribution in [-0.2, 0) is 21.2 Å². The zero-order valence-electron chi connectivity index (χ0n) is 20.1. The van der Waals surface area contributed by atoms with Crippen molar-refractivity contribution >= 4 is 15.9 Å². The van der Waals surface area contributed by atoms with Crippen LogP contribution in [-0.4, -0.2) is 43.4 Å². The number of carbonyl (C=O) groups is 1. The number of aryl methyl sites for hydroxylation is 1. The quantitative estimate of drug-likeness (QED) is 0.553. The van der Waals surface area contributed by atoms with Crippen LogP contribution < -0.4 is 10.6 Å². The van der Waals surface area contributed by atoms with E-state index < -0.39 is 16.1 Å². The molecule has 0 bridgehead atoms. The van der Waals surface area contributed by atoms with Gasteiger partial charge in [0, 0.05) is 19.0 Å². The highest BCUT2D eigenvalue weighted by molar-refractivity contribution is 7.89. The molecular formula is C27H37N3O3S. The molecule has 7 heteroatoms. The van der Waals surface area contributed by atoms with Gasteiger partial charge in [0.25, 0.3) is 0 Å². The van der Waals surface area contributed by atoms with E-state index in [0.29, 0.717) is 25.4 Å². The van der Waals surface area contributed by atoms with Gasteiger partial charge in [-0.2, -0.15) is 4.31 Å². The molecule has 0 aromatic heterocycles. The second-order valence-electron chi connectivity index (χ2n) is 9.69. The fourth-order valence-corrected chi connectivity index (χ4v) is 6.79. The van der Waals surface area contributed by atoms with Gasteiger partial charge < -0.3 is 5.32 Å². The summed E-state index contributed by atoms with van der Waals surface area (Å²) in [5, 5.41) is 6.87. The highest BCUT2D eigenvalue weighted by Gasteiger charge is 2.38. The van der Waals surface area contributed by atoms with Gasteiger partial charge in [0.05, 0.1) is 11.1 Å². The van der Waals surface area contributed by atoms with Crippen molar-refractivity contribution in [3.63, 3.8) is 0 Å². The zero-order valence-corrected chi connectivity index (χ0v) is 20.9. The van der Waals surface area contributed by atoms with E-state index in [9.17, 15) is 13.2 Å². The molecule has 2 fully saturated rings. The second kappa shape index (κ2) is 11.5. The highest BCUT2D eigenvalue weighted by Crippen LogP contribution is 2.26. The molecule has 2 aromatic carbocycles. The van der Waals surface area contributed by atoms with E-state index in [1.807, 2.05) is 0 Å². The lowest BCUT2D eigenvalue weighted by Crippen LogP contribution is -2.58. The Hall–Kier alpha value is -2.22. The summed E-state index contributed by atoms with van der Waals surface area (Å²) in [4.78, 5) is 13.8. The van der Waals surface area contributed by atoms with E-state index in [2.05, 4.69) is 41.8 Å². The molecule has 4 rings (SSSR count). The molecule has 1 heterocycles. The normalized spacial score (nSPS) is 21.1. The van der Waals surface area contributed by atoms with Crippen molar-refractivity contribution in [3.05, 3.63) is 65.7 Å². The SMILES string of the molecule is Cc1ccc(C[C@H](NC(=O)[C@@H]2CCCCN2S(=O)(=O)c2ccccc2)NC2CCCCC2)cc1. The van der Waals surface area contributed by atoms with Gasteiger partial charge in [-0.15, -0.1) is 0 Å². The molecule has 1 saturated heterocycles. The number of amides is 1. The van der Waals surface area contributed by atoms with Crippen LogP contribution in [0.25, 0.3) is 0 Å². The topological polar surface area (TPSA) is 78.5 Å². The van der Waals surface area contributed by atoms with Gasteiger partial charge in [-0.05, 0) is 50.3 Å². The summed E-state index contributed by atoms with van der Waals surface area (Å²) < 4.78 is 28.1. The first-order valence-electron chi connectivity index (χ1n) is 12.6. The van der Waals surface area contributed by atoms with Gasteiger partial charge in [-0.3, -0.25) is 10.1 Å². The Balaban J connectivity index is 1.51. The van der Waals surface area contributed by atoms with Gasteiger partial charge >= 0.3 is 0 Å². The van der Waals surface area contributed by atoms with E-state index in [-0.39, 0.29) is 17.0 Å². The summed E-state index contributed by atoms with van der Waals surface area (Å²) in [6.07, 6.45) is 8.47. The average molecular weight is 484 g/mol. The molecule has 0 spiro atoms. The molecular weight excluding hydrogens is 446 g/mol. The summed E-state index contributed by atoms with van der Waals surface area (Å²) in [5.41, 5.74) is 2.35. The van der Waals surface area contributed by atoms with Gasteiger partial charge in [-0.1, -0.05) is 73.7 Å². The molecule has 2 aromatic rings. The minimum absolute atomic E-state index is 0.209. The average Bonchev–Trinajstić information content (AvgIpc) is 2.86. The van der Waals surface area contributed by atoms with E-state index in [1.165, 1.54) is 29.1 Å². The Morgan fingerprint density at radius 2 is 1.62 bits per heavy atom. The first-order valence-corrected chi connectivity index (χ1v) is 14.1. The summed E-state index contributed by atoms with van der Waals surface area (Å²) in [6, 6.07) is 16.5. The Kier molecular flexibility index (Phi) is 8.40. The molecule has 184 valence electrons. The minimum atomic E-state index is -3.73. The van der Waals surface area contributed by atoms with E-state index in [4.69, 9.17) is 0 Å². The fourth-order valence-electron chi connectivity index (χ4n) is 5.12. The predicted octanol–water partition coefficient (Wildman–Crippen LogP) is 4.15. The Labute approximate surface area is 204 Å². The Bertz CT molecular complexity index is 1030. The van der Waals surface area contributed by atoms with Gasteiger partial charge in [0.2, 0.25) is 15.9 Å². The highest BCUT2D eigenvalue weighted by atomic mass is 32.2. The number of rotatable bonds is 8. The molecule has 2 atom stereocenters. The molecule has 1 amide bonds. The number of nitrogens with zero attached hydrogens (tertiary/aromatic N) is 1. The Morgan fingerprint density at radius 1 is 0.941 bits per heavy atom. The van der Waals surface area contributed by atoms with E-state index in [1.54, 1.807) is 30.3 Å². The third-order valence-corrected chi connectivity index (χ3v) is 8.95. The maximum atomic E-state index is 13.5. The molecule has 34 heavy (non-hydrogen) atoms. The summed E-state index contributed by atoms with van der Waals surface area (Å²) in [5.74, 6) is -0.209. The van der Waals surface area contributed by atoms with Gasteiger partial charge in [-0.25, -0.2) is 8.42 Å². The minimum Gasteiger partial charge on any atom is -0.339 e. The molecule has 0 radical (unpaired) electrons. The standard InChI is InChI=1S/C27H37N3O3S/c1-21-15-17-22(18-16-21)20-26(28-23-10-4-2-5-11-23)29-27(31)25-14-8-9-19-30(25)34(32,33)24-12-6-3-7-13-24/h3,6-7,12-13,15-18,23,25-26,28H,2,4-5,8-11,14,19-20H2,1H3,(H,29,31)/t25-,26-/m0/s1. The number of piperidine rings is 1. The van der Waals surface area contributed by atoms with Crippen LogP contribution in [0.5, 0.6) is 0 Å². The van der Waals surface area contributed by atoms with Crippen LogP contribution in [0.15, 0.2) is 59.5 Å². The number of hydrogen-bond donors (Lipinski definition) is 2. The maximum Gasteiger partial charge on any atom is 0.243 e. The summed E-state index contributed by atoms with van der Waals surface area (Å²) >= 11 is 0. The van der Waals surface area contributed by atoms with Crippen molar-refractivity contribution in [2.45, 2.75) is 87.9 Å². The van der Waals surface area contributed by atoms with Crippen molar-refractivity contribution in [2.24, 2.45) is 0 Å². The van der Waals surface area contributed by atoms with Gasteiger partial charge in [0.15, 0.2) is 0 Å². The lowest BCUT2D eigenvalue weighted by Gasteiger charge is -2.35. The zero-order chi connectivity index (χ0) is 24.0. The summed E-state index contributed by atoms with van der Waals surface area (Å²) in [7, 11) is -3.73. The number of carbonyl (C=O) groups excluding carboxylic acids is 1. The number of hydrogen-bond acceptors (Lipinski definition) is 4. The molecule has 1 aliphatic heterocycles. The van der Waals surface area contributed by atoms with Crippen LogP contribution in [0.1, 0.15) is 62.5 Å².